The maximum atomic E-state index is 13.0. The van der Waals surface area contributed by atoms with Gasteiger partial charge in [0.15, 0.2) is 5.82 Å². The minimum Gasteiger partial charge on any atom is -0.478 e. The van der Waals surface area contributed by atoms with Gasteiger partial charge >= 0.3 is 5.97 Å². The van der Waals surface area contributed by atoms with E-state index in [9.17, 15) is 9.18 Å². The molecule has 0 heterocycles. The minimum atomic E-state index is -1.22. The molecule has 1 rings (SSSR count). The van der Waals surface area contributed by atoms with Gasteiger partial charge in [0, 0.05) is 5.56 Å². The average molecular weight is 204 g/mol. The van der Waals surface area contributed by atoms with Gasteiger partial charge in [-0.2, -0.15) is 0 Å². The van der Waals surface area contributed by atoms with Crippen LogP contribution in [0.15, 0.2) is 6.07 Å². The fraction of sp³-hybridized carbons (Fsp3) is 0.125. The highest BCUT2D eigenvalue weighted by Crippen LogP contribution is 2.27. The Bertz CT molecular complexity index is 379. The lowest BCUT2D eigenvalue weighted by atomic mass is 10.1. The molecule has 0 aromatic heterocycles. The highest BCUT2D eigenvalue weighted by molar-refractivity contribution is 6.34. The number of rotatable bonds is 1. The maximum Gasteiger partial charge on any atom is 0.337 e. The topological polar surface area (TPSA) is 63.3 Å². The first-order valence-electron chi connectivity index (χ1n) is 3.42. The lowest BCUT2D eigenvalue weighted by molar-refractivity contribution is 0.0697. The summed E-state index contributed by atoms with van der Waals surface area (Å²) >= 11 is 5.59. The van der Waals surface area contributed by atoms with Crippen molar-refractivity contribution in [1.82, 2.24) is 0 Å². The molecule has 0 fully saturated rings. The molecule has 0 radical (unpaired) electrons. The summed E-state index contributed by atoms with van der Waals surface area (Å²) in [5.41, 5.74) is 4.89. The zero-order valence-corrected chi connectivity index (χ0v) is 7.52. The standard InChI is InChI=1S/C8H7ClFNO2/c1-3-6(9)4(8(12)13)2-5(11)7(3)10/h2H,11H2,1H3,(H,12,13). The summed E-state index contributed by atoms with van der Waals surface area (Å²) < 4.78 is 13.0. The molecule has 1 aromatic carbocycles. The molecule has 0 amide bonds. The van der Waals surface area contributed by atoms with Gasteiger partial charge in [-0.15, -0.1) is 0 Å². The summed E-state index contributed by atoms with van der Waals surface area (Å²) in [5, 5.41) is 8.53. The third-order valence-corrected chi connectivity index (χ3v) is 2.17. The molecule has 1 aromatic rings. The molecule has 0 unspecified atom stereocenters. The Kier molecular flexibility index (Phi) is 2.43. The second-order valence-corrected chi connectivity index (χ2v) is 2.95. The van der Waals surface area contributed by atoms with Crippen LogP contribution in [0.5, 0.6) is 0 Å². The van der Waals surface area contributed by atoms with E-state index in [0.717, 1.165) is 6.07 Å². The molecule has 5 heteroatoms. The third kappa shape index (κ3) is 1.58. The van der Waals surface area contributed by atoms with Crippen molar-refractivity contribution in [2.24, 2.45) is 0 Å². The van der Waals surface area contributed by atoms with Crippen LogP contribution >= 0.6 is 11.6 Å². The number of aromatic carboxylic acids is 1. The van der Waals surface area contributed by atoms with Crippen LogP contribution in [0.4, 0.5) is 10.1 Å². The maximum absolute atomic E-state index is 13.0. The van der Waals surface area contributed by atoms with Gasteiger partial charge in [0.2, 0.25) is 0 Å². The Labute approximate surface area is 78.9 Å². The van der Waals surface area contributed by atoms with Crippen molar-refractivity contribution in [3.63, 3.8) is 0 Å². The van der Waals surface area contributed by atoms with E-state index < -0.39 is 11.8 Å². The van der Waals surface area contributed by atoms with Crippen LogP contribution in [0.3, 0.4) is 0 Å². The van der Waals surface area contributed by atoms with E-state index in [4.69, 9.17) is 22.4 Å². The van der Waals surface area contributed by atoms with E-state index >= 15 is 0 Å². The normalized spacial score (nSPS) is 10.1. The minimum absolute atomic E-state index is 0.0547. The van der Waals surface area contributed by atoms with Crippen molar-refractivity contribution in [3.05, 3.63) is 28.0 Å². The Morgan fingerprint density at radius 1 is 1.69 bits per heavy atom. The highest BCUT2D eigenvalue weighted by Gasteiger charge is 2.16. The number of benzene rings is 1. The lowest BCUT2D eigenvalue weighted by Gasteiger charge is -2.06. The zero-order valence-electron chi connectivity index (χ0n) is 6.77. The molecule has 0 aliphatic rings. The monoisotopic (exact) mass is 203 g/mol. The van der Waals surface area contributed by atoms with E-state index in [-0.39, 0.29) is 21.8 Å². The van der Waals surface area contributed by atoms with Crippen molar-refractivity contribution in [2.75, 3.05) is 5.73 Å². The Morgan fingerprint density at radius 2 is 2.23 bits per heavy atom. The van der Waals surface area contributed by atoms with Gasteiger partial charge in [-0.1, -0.05) is 11.6 Å². The predicted octanol–water partition coefficient (Wildman–Crippen LogP) is 2.07. The number of hydrogen-bond donors (Lipinski definition) is 2. The van der Waals surface area contributed by atoms with Crippen molar-refractivity contribution in [1.29, 1.82) is 0 Å². The molecule has 0 aliphatic heterocycles. The van der Waals surface area contributed by atoms with Gasteiger partial charge in [-0.25, -0.2) is 9.18 Å². The summed E-state index contributed by atoms with van der Waals surface area (Å²) in [6.45, 7) is 1.38. The highest BCUT2D eigenvalue weighted by atomic mass is 35.5. The van der Waals surface area contributed by atoms with E-state index in [0.29, 0.717) is 0 Å². The van der Waals surface area contributed by atoms with Crippen LogP contribution in [0.1, 0.15) is 15.9 Å². The second-order valence-electron chi connectivity index (χ2n) is 2.57. The number of carbonyl (C=O) groups is 1. The Balaban J connectivity index is 3.50. The number of nitrogen functional groups attached to an aromatic ring is 1. The molecule has 70 valence electrons. The average Bonchev–Trinajstić information content (AvgIpc) is 2.07. The molecular formula is C8H7ClFNO2. The zero-order chi connectivity index (χ0) is 10.2. The SMILES string of the molecule is Cc1c(F)c(N)cc(C(=O)O)c1Cl. The van der Waals surface area contributed by atoms with Crippen LogP contribution < -0.4 is 5.73 Å². The number of halogens is 2. The van der Waals surface area contributed by atoms with Crippen LogP contribution in [0.25, 0.3) is 0 Å². The molecule has 0 aliphatic carbocycles. The van der Waals surface area contributed by atoms with Gasteiger partial charge in [-0.3, -0.25) is 0 Å². The fourth-order valence-electron chi connectivity index (χ4n) is 0.953. The second kappa shape index (κ2) is 3.22. The van der Waals surface area contributed by atoms with Crippen LogP contribution in [-0.4, -0.2) is 11.1 Å². The molecule has 3 nitrogen and oxygen atoms in total. The smallest absolute Gasteiger partial charge is 0.337 e. The van der Waals surface area contributed by atoms with Crippen molar-refractivity contribution in [2.45, 2.75) is 6.92 Å². The molecule has 0 atom stereocenters. The van der Waals surface area contributed by atoms with E-state index in [1.54, 1.807) is 0 Å². The van der Waals surface area contributed by atoms with Crippen LogP contribution in [-0.2, 0) is 0 Å². The van der Waals surface area contributed by atoms with E-state index in [2.05, 4.69) is 0 Å². The number of hydrogen-bond acceptors (Lipinski definition) is 2. The van der Waals surface area contributed by atoms with Crippen LogP contribution in [0.2, 0.25) is 5.02 Å². The van der Waals surface area contributed by atoms with E-state index in [1.807, 2.05) is 0 Å². The number of nitrogens with two attached hydrogens (primary N) is 1. The number of carboxylic acids is 1. The summed E-state index contributed by atoms with van der Waals surface area (Å²) in [6, 6.07) is 1.01. The van der Waals surface area contributed by atoms with Gasteiger partial charge in [-0.05, 0) is 13.0 Å². The third-order valence-electron chi connectivity index (χ3n) is 1.68. The van der Waals surface area contributed by atoms with Gasteiger partial charge < -0.3 is 10.8 Å². The first kappa shape index (κ1) is 9.80. The molecular weight excluding hydrogens is 197 g/mol. The first-order valence-corrected chi connectivity index (χ1v) is 3.80. The number of anilines is 1. The molecule has 3 N–H and O–H groups in total. The van der Waals surface area contributed by atoms with Crippen molar-refractivity contribution in [3.8, 4) is 0 Å². The van der Waals surface area contributed by atoms with Crippen molar-refractivity contribution < 1.29 is 14.3 Å². The molecule has 13 heavy (non-hydrogen) atoms. The van der Waals surface area contributed by atoms with Gasteiger partial charge in [0.1, 0.15) is 0 Å². The van der Waals surface area contributed by atoms with Crippen LogP contribution in [0, 0.1) is 12.7 Å². The molecule has 0 saturated heterocycles. The largest absolute Gasteiger partial charge is 0.478 e. The lowest BCUT2D eigenvalue weighted by Crippen LogP contribution is -2.03. The summed E-state index contributed by atoms with van der Waals surface area (Å²) in [4.78, 5) is 10.6. The number of carboxylic acid groups (broad SMARTS) is 1. The summed E-state index contributed by atoms with van der Waals surface area (Å²) in [5.74, 6) is -1.89. The predicted molar refractivity (Wildman–Crippen MR) is 47.5 cm³/mol. The molecule has 0 saturated carbocycles. The van der Waals surface area contributed by atoms with E-state index in [1.165, 1.54) is 6.92 Å². The first-order chi connectivity index (χ1) is 5.95. The summed E-state index contributed by atoms with van der Waals surface area (Å²) in [6.07, 6.45) is 0. The molecule has 0 bridgehead atoms. The molecule has 0 spiro atoms. The van der Waals surface area contributed by atoms with Crippen molar-refractivity contribution >= 4 is 23.3 Å². The van der Waals surface area contributed by atoms with Gasteiger partial charge in [0.05, 0.1) is 16.3 Å². The Morgan fingerprint density at radius 3 is 2.69 bits per heavy atom. The summed E-state index contributed by atoms with van der Waals surface area (Å²) in [7, 11) is 0. The fourth-order valence-corrected chi connectivity index (χ4v) is 1.17. The quantitative estimate of drug-likeness (QED) is 0.687. The van der Waals surface area contributed by atoms with Gasteiger partial charge in [0.25, 0.3) is 0 Å². The Hall–Kier alpha value is -1.29.